The van der Waals surface area contributed by atoms with Crippen molar-refractivity contribution in [2.24, 2.45) is 5.73 Å². The molecule has 0 saturated carbocycles. The van der Waals surface area contributed by atoms with Crippen LogP contribution in [-0.4, -0.2) is 4.98 Å². The minimum absolute atomic E-state index is 0.0495. The summed E-state index contributed by atoms with van der Waals surface area (Å²) in [6, 6.07) is 2.80. The van der Waals surface area contributed by atoms with Gasteiger partial charge in [-0.15, -0.1) is 0 Å². The number of halogens is 5. The maximum atomic E-state index is 13.3. The van der Waals surface area contributed by atoms with E-state index in [1.165, 1.54) is 12.4 Å². The van der Waals surface area contributed by atoms with Crippen LogP contribution in [0, 0.1) is 5.82 Å². The highest BCUT2D eigenvalue weighted by Gasteiger charge is 2.34. The highest BCUT2D eigenvalue weighted by molar-refractivity contribution is 6.31. The third-order valence-electron chi connectivity index (χ3n) is 3.01. The molecule has 1 heterocycles. The maximum absolute atomic E-state index is 13.3. The van der Waals surface area contributed by atoms with E-state index in [1.807, 2.05) is 0 Å². The lowest BCUT2D eigenvalue weighted by atomic mass is 9.95. The molecule has 0 aliphatic rings. The first-order valence-electron chi connectivity index (χ1n) is 5.99. The first-order chi connectivity index (χ1) is 9.79. The van der Waals surface area contributed by atoms with Gasteiger partial charge in [0.25, 0.3) is 0 Å². The molecule has 0 spiro atoms. The predicted octanol–water partition coefficient (Wildman–Crippen LogP) is 4.14. The Morgan fingerprint density at radius 3 is 2.57 bits per heavy atom. The van der Waals surface area contributed by atoms with Crippen molar-refractivity contribution >= 4 is 11.6 Å². The molecule has 112 valence electrons. The normalized spacial score (nSPS) is 13.2. The Labute approximate surface area is 123 Å². The summed E-state index contributed by atoms with van der Waals surface area (Å²) >= 11 is 5.90. The van der Waals surface area contributed by atoms with E-state index in [1.54, 1.807) is 6.07 Å². The molecule has 1 atom stereocenters. The van der Waals surface area contributed by atoms with Crippen LogP contribution < -0.4 is 5.73 Å². The number of hydrogen-bond donors (Lipinski definition) is 1. The molecule has 0 bridgehead atoms. The summed E-state index contributed by atoms with van der Waals surface area (Å²) in [6.07, 6.45) is -1.71. The van der Waals surface area contributed by atoms with Crippen LogP contribution in [0.3, 0.4) is 0 Å². The van der Waals surface area contributed by atoms with E-state index in [-0.39, 0.29) is 12.0 Å². The first-order valence-corrected chi connectivity index (χ1v) is 6.37. The lowest BCUT2D eigenvalue weighted by molar-refractivity contribution is -0.138. The Bertz CT molecular complexity index is 643. The zero-order valence-electron chi connectivity index (χ0n) is 10.7. The zero-order valence-corrected chi connectivity index (χ0v) is 11.4. The molecule has 0 aliphatic heterocycles. The van der Waals surface area contributed by atoms with E-state index >= 15 is 0 Å². The Balaban J connectivity index is 2.37. The van der Waals surface area contributed by atoms with Crippen LogP contribution in [0.15, 0.2) is 36.7 Å². The largest absolute Gasteiger partial charge is 0.416 e. The van der Waals surface area contributed by atoms with Crippen molar-refractivity contribution in [2.75, 3.05) is 0 Å². The van der Waals surface area contributed by atoms with Gasteiger partial charge in [0, 0.05) is 18.4 Å². The molecular formula is C14H11ClF4N2. The fraction of sp³-hybridized carbons (Fsp3) is 0.214. The molecule has 0 fully saturated rings. The highest BCUT2D eigenvalue weighted by atomic mass is 35.5. The van der Waals surface area contributed by atoms with Crippen LogP contribution in [0.2, 0.25) is 5.02 Å². The van der Waals surface area contributed by atoms with Crippen molar-refractivity contribution in [1.82, 2.24) is 4.98 Å². The smallest absolute Gasteiger partial charge is 0.324 e. The van der Waals surface area contributed by atoms with Crippen LogP contribution in [-0.2, 0) is 12.6 Å². The van der Waals surface area contributed by atoms with Crippen molar-refractivity contribution in [2.45, 2.75) is 18.6 Å². The van der Waals surface area contributed by atoms with Gasteiger partial charge >= 0.3 is 6.18 Å². The van der Waals surface area contributed by atoms with Crippen LogP contribution in [0.25, 0.3) is 0 Å². The Hall–Kier alpha value is -1.66. The molecule has 2 N–H and O–H groups in total. The van der Waals surface area contributed by atoms with Crippen LogP contribution in [0.5, 0.6) is 0 Å². The average molecular weight is 319 g/mol. The molecule has 0 saturated heterocycles. The second-order valence-corrected chi connectivity index (χ2v) is 4.91. The van der Waals surface area contributed by atoms with Gasteiger partial charge in [-0.1, -0.05) is 11.6 Å². The van der Waals surface area contributed by atoms with Gasteiger partial charge in [0.15, 0.2) is 0 Å². The second-order valence-electron chi connectivity index (χ2n) is 4.51. The summed E-state index contributed by atoms with van der Waals surface area (Å²) in [6.45, 7) is 0. The molecule has 7 heteroatoms. The van der Waals surface area contributed by atoms with Gasteiger partial charge in [-0.25, -0.2) is 4.39 Å². The molecule has 2 nitrogen and oxygen atoms in total. The van der Waals surface area contributed by atoms with Crippen LogP contribution >= 0.6 is 11.6 Å². The third-order valence-corrected chi connectivity index (χ3v) is 3.36. The van der Waals surface area contributed by atoms with Gasteiger partial charge in [0.05, 0.1) is 10.6 Å². The van der Waals surface area contributed by atoms with E-state index in [0.717, 1.165) is 12.1 Å². The van der Waals surface area contributed by atoms with E-state index in [0.29, 0.717) is 16.7 Å². The van der Waals surface area contributed by atoms with Crippen molar-refractivity contribution in [3.63, 3.8) is 0 Å². The number of alkyl halides is 3. The molecular weight excluding hydrogens is 308 g/mol. The summed E-state index contributed by atoms with van der Waals surface area (Å²) in [5.41, 5.74) is 5.13. The number of benzene rings is 1. The van der Waals surface area contributed by atoms with Crippen molar-refractivity contribution in [3.05, 3.63) is 64.2 Å². The van der Waals surface area contributed by atoms with E-state index < -0.39 is 23.6 Å². The van der Waals surface area contributed by atoms with Crippen LogP contribution in [0.1, 0.15) is 22.7 Å². The molecule has 21 heavy (non-hydrogen) atoms. The molecule has 1 aromatic carbocycles. The SMILES string of the molecule is NC(Cc1ccncc1Cl)c1cc(F)ccc1C(F)(F)F. The number of hydrogen-bond acceptors (Lipinski definition) is 2. The zero-order chi connectivity index (χ0) is 15.6. The van der Waals surface area contributed by atoms with E-state index in [4.69, 9.17) is 17.3 Å². The highest BCUT2D eigenvalue weighted by Crippen LogP contribution is 2.35. The molecule has 2 rings (SSSR count). The lowest BCUT2D eigenvalue weighted by Gasteiger charge is -2.19. The summed E-state index contributed by atoms with van der Waals surface area (Å²) in [4.78, 5) is 3.78. The number of aromatic nitrogens is 1. The fourth-order valence-electron chi connectivity index (χ4n) is 2.01. The monoisotopic (exact) mass is 318 g/mol. The third kappa shape index (κ3) is 3.71. The predicted molar refractivity (Wildman–Crippen MR) is 71.3 cm³/mol. The van der Waals surface area contributed by atoms with Crippen molar-refractivity contribution < 1.29 is 17.6 Å². The van der Waals surface area contributed by atoms with E-state index in [2.05, 4.69) is 4.98 Å². The lowest BCUT2D eigenvalue weighted by Crippen LogP contribution is -2.20. The number of rotatable bonds is 3. The molecule has 0 radical (unpaired) electrons. The van der Waals surface area contributed by atoms with Crippen molar-refractivity contribution in [3.8, 4) is 0 Å². The van der Waals surface area contributed by atoms with Gasteiger partial charge in [-0.3, -0.25) is 4.98 Å². The summed E-state index contributed by atoms with van der Waals surface area (Å²) in [5, 5.41) is 0.304. The topological polar surface area (TPSA) is 38.9 Å². The van der Waals surface area contributed by atoms with Gasteiger partial charge in [-0.2, -0.15) is 13.2 Å². The molecule has 0 aliphatic carbocycles. The van der Waals surface area contributed by atoms with Gasteiger partial charge < -0.3 is 5.73 Å². The van der Waals surface area contributed by atoms with Crippen LogP contribution in [0.4, 0.5) is 17.6 Å². The van der Waals surface area contributed by atoms with Gasteiger partial charge in [0.2, 0.25) is 0 Å². The number of pyridine rings is 1. The Morgan fingerprint density at radius 2 is 1.95 bits per heavy atom. The molecule has 1 aromatic heterocycles. The average Bonchev–Trinajstić information content (AvgIpc) is 2.40. The van der Waals surface area contributed by atoms with Gasteiger partial charge in [0.1, 0.15) is 5.82 Å². The Morgan fingerprint density at radius 1 is 1.24 bits per heavy atom. The Kier molecular flexibility index (Phi) is 4.49. The minimum Gasteiger partial charge on any atom is -0.324 e. The minimum atomic E-state index is -4.59. The first kappa shape index (κ1) is 15.7. The fourth-order valence-corrected chi connectivity index (χ4v) is 2.21. The molecule has 1 unspecified atom stereocenters. The van der Waals surface area contributed by atoms with E-state index in [9.17, 15) is 17.6 Å². The molecule has 2 aromatic rings. The maximum Gasteiger partial charge on any atom is 0.416 e. The number of nitrogens with zero attached hydrogens (tertiary/aromatic N) is 1. The molecule has 0 amide bonds. The quantitative estimate of drug-likeness (QED) is 0.864. The van der Waals surface area contributed by atoms with Crippen molar-refractivity contribution in [1.29, 1.82) is 0 Å². The summed E-state index contributed by atoms with van der Waals surface area (Å²) < 4.78 is 52.1. The standard InChI is InChI=1S/C14H11ClF4N2/c15-12-7-21-4-3-8(12)5-13(20)10-6-9(16)1-2-11(10)14(17,18)19/h1-4,6-7,13H,5,20H2. The second kappa shape index (κ2) is 5.99. The summed E-state index contributed by atoms with van der Waals surface area (Å²) in [5.74, 6) is -0.769. The van der Waals surface area contributed by atoms with Gasteiger partial charge in [-0.05, 0) is 41.8 Å². The summed E-state index contributed by atoms with van der Waals surface area (Å²) in [7, 11) is 0. The number of nitrogens with two attached hydrogens (primary N) is 1.